The van der Waals surface area contributed by atoms with Crippen LogP contribution in [0.5, 0.6) is 0 Å². The molecular formula is C13H23N5O. The van der Waals surface area contributed by atoms with Crippen molar-refractivity contribution in [2.75, 3.05) is 32.6 Å². The highest BCUT2D eigenvalue weighted by atomic mass is 16.1. The SMILES string of the molecule is CN(C)CC(C)(C)CNC(=O)c1cccnc1NN. The minimum absolute atomic E-state index is 0.00231. The summed E-state index contributed by atoms with van der Waals surface area (Å²) in [7, 11) is 4.03. The fraction of sp³-hybridized carbons (Fsp3) is 0.538. The number of aromatic nitrogens is 1. The first-order chi connectivity index (χ1) is 8.85. The first-order valence-electron chi connectivity index (χ1n) is 6.20. The normalized spacial score (nSPS) is 11.5. The molecule has 0 saturated carbocycles. The van der Waals surface area contributed by atoms with Gasteiger partial charge in [0.15, 0.2) is 5.82 Å². The van der Waals surface area contributed by atoms with Crippen molar-refractivity contribution >= 4 is 11.7 Å². The fourth-order valence-corrected chi connectivity index (χ4v) is 2.03. The summed E-state index contributed by atoms with van der Waals surface area (Å²) in [6, 6.07) is 3.40. The van der Waals surface area contributed by atoms with Crippen LogP contribution in [0, 0.1) is 5.41 Å². The minimum Gasteiger partial charge on any atom is -0.351 e. The van der Waals surface area contributed by atoms with Crippen LogP contribution in [0.4, 0.5) is 5.82 Å². The van der Waals surface area contributed by atoms with E-state index in [-0.39, 0.29) is 11.3 Å². The average molecular weight is 265 g/mol. The Morgan fingerprint density at radius 3 is 2.74 bits per heavy atom. The molecular weight excluding hydrogens is 242 g/mol. The lowest BCUT2D eigenvalue weighted by atomic mass is 9.93. The number of nitrogens with zero attached hydrogens (tertiary/aromatic N) is 2. The van der Waals surface area contributed by atoms with Gasteiger partial charge in [-0.05, 0) is 31.6 Å². The molecule has 1 heterocycles. The Bertz CT molecular complexity index is 431. The minimum atomic E-state index is -0.173. The summed E-state index contributed by atoms with van der Waals surface area (Å²) in [5.41, 5.74) is 2.87. The number of nitrogens with one attached hydrogen (secondary N) is 2. The molecule has 0 aliphatic heterocycles. The Kier molecular flexibility index (Phi) is 5.26. The molecule has 1 amide bonds. The molecule has 1 aromatic rings. The number of hydrogen-bond donors (Lipinski definition) is 3. The van der Waals surface area contributed by atoms with Gasteiger partial charge in [-0.25, -0.2) is 10.8 Å². The molecule has 19 heavy (non-hydrogen) atoms. The van der Waals surface area contributed by atoms with Crippen LogP contribution in [0.3, 0.4) is 0 Å². The zero-order valence-electron chi connectivity index (χ0n) is 12.0. The second-order valence-corrected chi connectivity index (χ2v) is 5.63. The van der Waals surface area contributed by atoms with Gasteiger partial charge in [0.1, 0.15) is 0 Å². The lowest BCUT2D eigenvalue weighted by Crippen LogP contribution is -2.40. The molecule has 0 fully saturated rings. The molecule has 1 aromatic heterocycles. The summed E-state index contributed by atoms with van der Waals surface area (Å²) in [6.07, 6.45) is 1.59. The maximum Gasteiger partial charge on any atom is 0.255 e. The molecule has 106 valence electrons. The van der Waals surface area contributed by atoms with E-state index in [1.165, 1.54) is 0 Å². The number of amides is 1. The summed E-state index contributed by atoms with van der Waals surface area (Å²) in [5.74, 6) is 5.54. The Labute approximate surface area is 114 Å². The molecule has 0 atom stereocenters. The number of nitrogens with two attached hydrogens (primary N) is 1. The summed E-state index contributed by atoms with van der Waals surface area (Å²) in [5, 5.41) is 2.92. The van der Waals surface area contributed by atoms with Crippen molar-refractivity contribution in [3.63, 3.8) is 0 Å². The lowest BCUT2D eigenvalue weighted by Gasteiger charge is -2.28. The number of rotatable bonds is 6. The zero-order valence-corrected chi connectivity index (χ0v) is 12.0. The highest BCUT2D eigenvalue weighted by Gasteiger charge is 2.21. The van der Waals surface area contributed by atoms with E-state index in [0.29, 0.717) is 17.9 Å². The average Bonchev–Trinajstić information content (AvgIpc) is 2.34. The molecule has 0 radical (unpaired) electrons. The van der Waals surface area contributed by atoms with Crippen molar-refractivity contribution in [1.82, 2.24) is 15.2 Å². The van der Waals surface area contributed by atoms with Crippen molar-refractivity contribution in [2.24, 2.45) is 11.3 Å². The van der Waals surface area contributed by atoms with Gasteiger partial charge in [0.2, 0.25) is 0 Å². The molecule has 0 spiro atoms. The van der Waals surface area contributed by atoms with Crippen LogP contribution in [0.2, 0.25) is 0 Å². The molecule has 6 heteroatoms. The molecule has 1 rings (SSSR count). The molecule has 0 saturated heterocycles. The Hall–Kier alpha value is -1.66. The van der Waals surface area contributed by atoms with E-state index in [9.17, 15) is 4.79 Å². The highest BCUT2D eigenvalue weighted by Crippen LogP contribution is 2.15. The predicted octanol–water partition coefficient (Wildman–Crippen LogP) is 0.685. The first kappa shape index (κ1) is 15.4. The van der Waals surface area contributed by atoms with Crippen LogP contribution in [-0.4, -0.2) is 43.0 Å². The Morgan fingerprint density at radius 1 is 1.47 bits per heavy atom. The summed E-state index contributed by atoms with van der Waals surface area (Å²) < 4.78 is 0. The quantitative estimate of drug-likeness (QED) is 0.520. The van der Waals surface area contributed by atoms with E-state index in [2.05, 4.69) is 34.5 Å². The third-order valence-electron chi connectivity index (χ3n) is 2.66. The number of nitrogen functional groups attached to an aromatic ring is 1. The fourth-order valence-electron chi connectivity index (χ4n) is 2.03. The van der Waals surface area contributed by atoms with Crippen molar-refractivity contribution in [3.05, 3.63) is 23.9 Å². The second kappa shape index (κ2) is 6.49. The van der Waals surface area contributed by atoms with Gasteiger partial charge < -0.3 is 15.6 Å². The van der Waals surface area contributed by atoms with E-state index in [1.807, 2.05) is 14.1 Å². The molecule has 0 unspecified atom stereocenters. The van der Waals surface area contributed by atoms with E-state index in [1.54, 1.807) is 18.3 Å². The molecule has 4 N–H and O–H groups in total. The Balaban J connectivity index is 2.65. The predicted molar refractivity (Wildman–Crippen MR) is 76.7 cm³/mol. The number of carbonyl (C=O) groups is 1. The maximum absolute atomic E-state index is 12.1. The third-order valence-corrected chi connectivity index (χ3v) is 2.66. The number of carbonyl (C=O) groups excluding carboxylic acids is 1. The van der Waals surface area contributed by atoms with Crippen LogP contribution in [-0.2, 0) is 0 Å². The topological polar surface area (TPSA) is 83.3 Å². The number of hydrogen-bond acceptors (Lipinski definition) is 5. The van der Waals surface area contributed by atoms with Gasteiger partial charge in [-0.1, -0.05) is 13.8 Å². The summed E-state index contributed by atoms with van der Waals surface area (Å²) in [4.78, 5) is 18.2. The smallest absolute Gasteiger partial charge is 0.255 e. The first-order valence-corrected chi connectivity index (χ1v) is 6.20. The van der Waals surface area contributed by atoms with E-state index < -0.39 is 0 Å². The summed E-state index contributed by atoms with van der Waals surface area (Å²) >= 11 is 0. The maximum atomic E-state index is 12.1. The van der Waals surface area contributed by atoms with Crippen LogP contribution in [0.25, 0.3) is 0 Å². The van der Waals surface area contributed by atoms with Crippen molar-refractivity contribution in [3.8, 4) is 0 Å². The zero-order chi connectivity index (χ0) is 14.5. The van der Waals surface area contributed by atoms with E-state index in [4.69, 9.17) is 5.84 Å². The van der Waals surface area contributed by atoms with E-state index >= 15 is 0 Å². The van der Waals surface area contributed by atoms with Crippen LogP contribution < -0.4 is 16.6 Å². The summed E-state index contributed by atoms with van der Waals surface area (Å²) in [6.45, 7) is 5.70. The standard InChI is InChI=1S/C13H23N5O/c1-13(2,9-18(3)4)8-16-12(19)10-6-5-7-15-11(10)17-14/h5-7H,8-9,14H2,1-4H3,(H,15,17)(H,16,19). The number of hydrazine groups is 1. The van der Waals surface area contributed by atoms with Gasteiger partial charge in [0, 0.05) is 19.3 Å². The second-order valence-electron chi connectivity index (χ2n) is 5.63. The van der Waals surface area contributed by atoms with E-state index in [0.717, 1.165) is 6.54 Å². The lowest BCUT2D eigenvalue weighted by molar-refractivity contribution is 0.0929. The molecule has 0 aliphatic carbocycles. The van der Waals surface area contributed by atoms with Crippen molar-refractivity contribution < 1.29 is 4.79 Å². The van der Waals surface area contributed by atoms with Gasteiger partial charge >= 0.3 is 0 Å². The van der Waals surface area contributed by atoms with Gasteiger partial charge in [0.05, 0.1) is 5.56 Å². The van der Waals surface area contributed by atoms with Crippen LogP contribution in [0.1, 0.15) is 24.2 Å². The molecule has 6 nitrogen and oxygen atoms in total. The van der Waals surface area contributed by atoms with Gasteiger partial charge in [0.25, 0.3) is 5.91 Å². The van der Waals surface area contributed by atoms with Crippen molar-refractivity contribution in [2.45, 2.75) is 13.8 Å². The van der Waals surface area contributed by atoms with Crippen LogP contribution in [0.15, 0.2) is 18.3 Å². The monoisotopic (exact) mass is 265 g/mol. The van der Waals surface area contributed by atoms with Gasteiger partial charge in [-0.3, -0.25) is 4.79 Å². The van der Waals surface area contributed by atoms with Gasteiger partial charge in [-0.15, -0.1) is 0 Å². The van der Waals surface area contributed by atoms with Gasteiger partial charge in [-0.2, -0.15) is 0 Å². The highest BCUT2D eigenvalue weighted by molar-refractivity contribution is 5.98. The largest absolute Gasteiger partial charge is 0.351 e. The number of pyridine rings is 1. The van der Waals surface area contributed by atoms with Crippen molar-refractivity contribution in [1.29, 1.82) is 0 Å². The number of anilines is 1. The third kappa shape index (κ3) is 4.84. The molecule has 0 bridgehead atoms. The Morgan fingerprint density at radius 2 is 2.16 bits per heavy atom. The van der Waals surface area contributed by atoms with Crippen LogP contribution >= 0.6 is 0 Å². The molecule has 0 aromatic carbocycles. The molecule has 0 aliphatic rings.